The number of halogens is 1. The average molecular weight is 387 g/mol. The summed E-state index contributed by atoms with van der Waals surface area (Å²) in [7, 11) is 2.82. The van der Waals surface area contributed by atoms with E-state index in [4.69, 9.17) is 21.1 Å². The number of carbonyl (C=O) groups is 2. The SMILES string of the molecule is COC(=O)C(CC1(OC)C=Nc2ccccc21)NC(=O)c1ccc(Cl)cc1. The second kappa shape index (κ2) is 7.90. The Balaban J connectivity index is 1.85. The highest BCUT2D eigenvalue weighted by molar-refractivity contribution is 6.30. The highest BCUT2D eigenvalue weighted by Crippen LogP contribution is 2.40. The summed E-state index contributed by atoms with van der Waals surface area (Å²) in [6.07, 6.45) is 1.80. The molecule has 27 heavy (non-hydrogen) atoms. The van der Waals surface area contributed by atoms with E-state index in [-0.39, 0.29) is 6.42 Å². The van der Waals surface area contributed by atoms with Gasteiger partial charge in [0.05, 0.1) is 12.8 Å². The molecule has 0 bridgehead atoms. The Hall–Kier alpha value is -2.70. The number of nitrogens with one attached hydrogen (secondary N) is 1. The molecular formula is C20H19ClN2O4. The van der Waals surface area contributed by atoms with Crippen molar-refractivity contribution in [2.75, 3.05) is 14.2 Å². The van der Waals surface area contributed by atoms with Crippen molar-refractivity contribution < 1.29 is 19.1 Å². The molecule has 2 unspecified atom stereocenters. The topological polar surface area (TPSA) is 77.0 Å². The number of amides is 1. The van der Waals surface area contributed by atoms with Crippen LogP contribution in [0, 0.1) is 0 Å². The predicted molar refractivity (Wildman–Crippen MR) is 103 cm³/mol. The molecule has 2 atom stereocenters. The van der Waals surface area contributed by atoms with Crippen molar-refractivity contribution in [3.05, 3.63) is 64.7 Å². The van der Waals surface area contributed by atoms with Gasteiger partial charge in [0.2, 0.25) is 0 Å². The zero-order chi connectivity index (χ0) is 19.4. The summed E-state index contributed by atoms with van der Waals surface area (Å²) in [5, 5.41) is 3.24. The van der Waals surface area contributed by atoms with Gasteiger partial charge < -0.3 is 14.8 Å². The molecule has 7 heteroatoms. The fourth-order valence-corrected chi connectivity index (χ4v) is 3.20. The van der Waals surface area contributed by atoms with E-state index >= 15 is 0 Å². The third kappa shape index (κ3) is 3.86. The number of hydrogen-bond acceptors (Lipinski definition) is 5. The molecule has 6 nitrogen and oxygen atoms in total. The summed E-state index contributed by atoms with van der Waals surface area (Å²) < 4.78 is 10.6. The second-order valence-corrected chi connectivity index (χ2v) is 6.57. The molecule has 0 fully saturated rings. The molecule has 1 amide bonds. The second-order valence-electron chi connectivity index (χ2n) is 6.13. The van der Waals surface area contributed by atoms with Crippen LogP contribution < -0.4 is 5.32 Å². The summed E-state index contributed by atoms with van der Waals surface area (Å²) in [6.45, 7) is 0. The first-order valence-corrected chi connectivity index (χ1v) is 8.71. The van der Waals surface area contributed by atoms with E-state index in [0.717, 1.165) is 11.3 Å². The standard InChI is InChI=1S/C20H19ClN2O4/c1-26-19(25)17(23-18(24)13-7-9-14(21)10-8-13)11-20(27-2)12-22-16-6-4-3-5-15(16)20/h3-10,12,17H,11H2,1-2H3,(H,23,24). The van der Waals surface area contributed by atoms with Gasteiger partial charge in [-0.25, -0.2) is 4.79 Å². The van der Waals surface area contributed by atoms with E-state index in [0.29, 0.717) is 10.6 Å². The van der Waals surface area contributed by atoms with E-state index in [1.165, 1.54) is 7.11 Å². The van der Waals surface area contributed by atoms with Crippen molar-refractivity contribution in [2.24, 2.45) is 4.99 Å². The third-order valence-corrected chi connectivity index (χ3v) is 4.79. The third-order valence-electron chi connectivity index (χ3n) is 4.54. The maximum absolute atomic E-state index is 12.6. The summed E-state index contributed by atoms with van der Waals surface area (Å²) in [5.41, 5.74) is 1.07. The van der Waals surface area contributed by atoms with E-state index in [1.807, 2.05) is 24.3 Å². The molecule has 0 saturated carbocycles. The number of methoxy groups -OCH3 is 2. The van der Waals surface area contributed by atoms with Gasteiger partial charge >= 0.3 is 5.97 Å². The van der Waals surface area contributed by atoms with Crippen LogP contribution in [0.25, 0.3) is 0 Å². The minimum atomic E-state index is -0.928. The normalized spacial score (nSPS) is 18.6. The van der Waals surface area contributed by atoms with Crippen molar-refractivity contribution in [3.8, 4) is 0 Å². The quantitative estimate of drug-likeness (QED) is 0.773. The first-order chi connectivity index (χ1) is 13.0. The highest BCUT2D eigenvalue weighted by Gasteiger charge is 2.41. The number of rotatable bonds is 6. The lowest BCUT2D eigenvalue weighted by atomic mass is 9.88. The summed E-state index contributed by atoms with van der Waals surface area (Å²) >= 11 is 5.86. The van der Waals surface area contributed by atoms with Crippen LogP contribution in [0.4, 0.5) is 5.69 Å². The molecule has 0 radical (unpaired) electrons. The Bertz CT molecular complexity index is 882. The van der Waals surface area contributed by atoms with Gasteiger partial charge in [-0.2, -0.15) is 0 Å². The maximum Gasteiger partial charge on any atom is 0.328 e. The molecule has 0 saturated heterocycles. The Morgan fingerprint density at radius 2 is 1.85 bits per heavy atom. The number of aliphatic imine (C=N–C) groups is 1. The number of benzene rings is 2. The van der Waals surface area contributed by atoms with Gasteiger partial charge in [0.15, 0.2) is 0 Å². The summed E-state index contributed by atoms with van der Waals surface area (Å²) in [5.74, 6) is -0.969. The molecule has 140 valence electrons. The molecule has 1 aliphatic heterocycles. The molecule has 0 aromatic heterocycles. The Labute approximate surface area is 162 Å². The smallest absolute Gasteiger partial charge is 0.328 e. The van der Waals surface area contributed by atoms with Gasteiger partial charge in [-0.15, -0.1) is 0 Å². The van der Waals surface area contributed by atoms with E-state index in [2.05, 4.69) is 10.3 Å². The Morgan fingerprint density at radius 1 is 1.15 bits per heavy atom. The van der Waals surface area contributed by atoms with Crippen LogP contribution >= 0.6 is 11.6 Å². The van der Waals surface area contributed by atoms with Crippen LogP contribution in [0.1, 0.15) is 22.3 Å². The predicted octanol–water partition coefficient (Wildman–Crippen LogP) is 3.26. The van der Waals surface area contributed by atoms with Crippen molar-refractivity contribution in [3.63, 3.8) is 0 Å². The van der Waals surface area contributed by atoms with E-state index in [9.17, 15) is 9.59 Å². The Kier molecular flexibility index (Phi) is 5.58. The average Bonchev–Trinajstić information content (AvgIpc) is 3.06. The molecule has 0 spiro atoms. The minimum Gasteiger partial charge on any atom is -0.467 e. The van der Waals surface area contributed by atoms with Crippen LogP contribution in [-0.2, 0) is 19.9 Å². The van der Waals surface area contributed by atoms with Crippen LogP contribution in [0.3, 0.4) is 0 Å². The van der Waals surface area contributed by atoms with Crippen LogP contribution in [0.15, 0.2) is 53.5 Å². The zero-order valence-corrected chi connectivity index (χ0v) is 15.7. The number of carbonyl (C=O) groups excluding carboxylic acids is 2. The molecular weight excluding hydrogens is 368 g/mol. The summed E-state index contributed by atoms with van der Waals surface area (Å²) in [6, 6.07) is 13.0. The van der Waals surface area contributed by atoms with Gasteiger partial charge in [0.25, 0.3) is 5.91 Å². The monoisotopic (exact) mass is 386 g/mol. The van der Waals surface area contributed by atoms with Crippen molar-refractivity contribution in [1.82, 2.24) is 5.32 Å². The summed E-state index contributed by atoms with van der Waals surface area (Å²) in [4.78, 5) is 29.3. The molecule has 1 heterocycles. The number of para-hydroxylation sites is 1. The van der Waals surface area contributed by atoms with Crippen molar-refractivity contribution in [1.29, 1.82) is 0 Å². The molecule has 2 aromatic rings. The fourth-order valence-electron chi connectivity index (χ4n) is 3.08. The van der Waals surface area contributed by atoms with Crippen molar-refractivity contribution in [2.45, 2.75) is 18.1 Å². The number of fused-ring (bicyclic) bond motifs is 1. The molecule has 1 N–H and O–H groups in total. The van der Waals surface area contributed by atoms with Gasteiger partial charge in [-0.05, 0) is 30.3 Å². The molecule has 2 aromatic carbocycles. The zero-order valence-electron chi connectivity index (χ0n) is 14.9. The lowest BCUT2D eigenvalue weighted by molar-refractivity contribution is -0.144. The van der Waals surface area contributed by atoms with Gasteiger partial charge in [-0.3, -0.25) is 9.79 Å². The lowest BCUT2D eigenvalue weighted by Crippen LogP contribution is -2.47. The van der Waals surface area contributed by atoms with Gasteiger partial charge in [0.1, 0.15) is 11.6 Å². The number of nitrogens with zero attached hydrogens (tertiary/aromatic N) is 1. The maximum atomic E-state index is 12.6. The first kappa shape index (κ1) is 19.1. The van der Waals surface area contributed by atoms with E-state index < -0.39 is 23.5 Å². The number of esters is 1. The van der Waals surface area contributed by atoms with Crippen LogP contribution in [0.2, 0.25) is 5.02 Å². The van der Waals surface area contributed by atoms with Gasteiger partial charge in [-0.1, -0.05) is 29.8 Å². The number of ether oxygens (including phenoxy) is 2. The van der Waals surface area contributed by atoms with Crippen LogP contribution in [-0.4, -0.2) is 38.4 Å². The fraction of sp³-hybridized carbons (Fsp3) is 0.250. The van der Waals surface area contributed by atoms with Crippen molar-refractivity contribution >= 4 is 35.4 Å². The first-order valence-electron chi connectivity index (χ1n) is 8.33. The molecule has 3 rings (SSSR count). The Morgan fingerprint density at radius 3 is 2.52 bits per heavy atom. The molecule has 1 aliphatic rings. The largest absolute Gasteiger partial charge is 0.467 e. The number of hydrogen-bond donors (Lipinski definition) is 1. The molecule has 0 aliphatic carbocycles. The minimum absolute atomic E-state index is 0.149. The van der Waals surface area contributed by atoms with E-state index in [1.54, 1.807) is 37.6 Å². The highest BCUT2D eigenvalue weighted by atomic mass is 35.5. The van der Waals surface area contributed by atoms with Crippen LogP contribution in [0.5, 0.6) is 0 Å². The van der Waals surface area contributed by atoms with Gasteiger partial charge in [0, 0.05) is 35.9 Å². The lowest BCUT2D eigenvalue weighted by Gasteiger charge is -2.30.